The first-order valence-corrected chi connectivity index (χ1v) is 10.2. The van der Waals surface area contributed by atoms with Gasteiger partial charge >= 0.3 is 5.97 Å². The summed E-state index contributed by atoms with van der Waals surface area (Å²) in [5.41, 5.74) is 1.43. The van der Waals surface area contributed by atoms with Gasteiger partial charge in [0.05, 0.1) is 17.7 Å². The fourth-order valence-electron chi connectivity index (χ4n) is 2.97. The molecule has 8 nitrogen and oxygen atoms in total. The third kappa shape index (κ3) is 6.06. The molecule has 0 fully saturated rings. The molecule has 0 aliphatic heterocycles. The van der Waals surface area contributed by atoms with Crippen LogP contribution in [0.2, 0.25) is 5.02 Å². The molecular weight excluding hydrogens is 460 g/mol. The van der Waals surface area contributed by atoms with E-state index >= 15 is 0 Å². The molecule has 3 rings (SSSR count). The van der Waals surface area contributed by atoms with E-state index in [0.717, 1.165) is 0 Å². The van der Waals surface area contributed by atoms with Crippen molar-refractivity contribution in [3.05, 3.63) is 87.9 Å². The number of phenolic OH excluding ortho intramolecular Hbond substituents is 1. The summed E-state index contributed by atoms with van der Waals surface area (Å²) in [5, 5.41) is 30.7. The standard InChI is InChI=1S/C25H19ClN2O6/c1-33-22-12-16(10-18(13-27)24(30)28-19-5-7-20(29)8-6-19)11-21(26)23(22)34-14-15-3-2-4-17(9-15)25(31)32/h2-12,29H,14H2,1H3,(H,28,30)(H,31,32). The van der Waals surface area contributed by atoms with Crippen LogP contribution in [0.5, 0.6) is 17.2 Å². The molecule has 9 heteroatoms. The van der Waals surface area contributed by atoms with Crippen LogP contribution in [-0.2, 0) is 11.4 Å². The van der Waals surface area contributed by atoms with Crippen molar-refractivity contribution in [3.8, 4) is 23.3 Å². The van der Waals surface area contributed by atoms with Gasteiger partial charge in [0.2, 0.25) is 0 Å². The van der Waals surface area contributed by atoms with Crippen LogP contribution < -0.4 is 14.8 Å². The van der Waals surface area contributed by atoms with E-state index in [1.807, 2.05) is 6.07 Å². The van der Waals surface area contributed by atoms with Gasteiger partial charge in [-0.25, -0.2) is 4.79 Å². The smallest absolute Gasteiger partial charge is 0.335 e. The number of carbonyl (C=O) groups is 2. The zero-order valence-electron chi connectivity index (χ0n) is 17.9. The summed E-state index contributed by atoms with van der Waals surface area (Å²) in [7, 11) is 1.42. The predicted molar refractivity (Wildman–Crippen MR) is 126 cm³/mol. The van der Waals surface area contributed by atoms with Gasteiger partial charge in [-0.05, 0) is 65.7 Å². The average molecular weight is 479 g/mol. The lowest BCUT2D eigenvalue weighted by Gasteiger charge is -2.14. The maximum atomic E-state index is 12.5. The number of carbonyl (C=O) groups excluding carboxylic acids is 1. The van der Waals surface area contributed by atoms with Crippen LogP contribution in [0.3, 0.4) is 0 Å². The van der Waals surface area contributed by atoms with Gasteiger partial charge in [-0.2, -0.15) is 5.26 Å². The first kappa shape index (κ1) is 24.2. The SMILES string of the molecule is COc1cc(C=C(C#N)C(=O)Nc2ccc(O)cc2)cc(Cl)c1OCc1cccc(C(=O)O)c1. The van der Waals surface area contributed by atoms with Gasteiger partial charge in [0.1, 0.15) is 24.0 Å². The number of nitrogens with zero attached hydrogens (tertiary/aromatic N) is 1. The van der Waals surface area contributed by atoms with Crippen molar-refractivity contribution in [2.45, 2.75) is 6.61 Å². The van der Waals surface area contributed by atoms with Crippen LogP contribution in [0.15, 0.2) is 66.2 Å². The average Bonchev–Trinajstić information content (AvgIpc) is 2.83. The van der Waals surface area contributed by atoms with Crippen LogP contribution in [0, 0.1) is 11.3 Å². The number of halogens is 1. The number of nitriles is 1. The Kier molecular flexibility index (Phi) is 7.75. The van der Waals surface area contributed by atoms with Gasteiger partial charge in [-0.1, -0.05) is 23.7 Å². The number of amides is 1. The molecule has 0 aromatic heterocycles. The number of aromatic hydroxyl groups is 1. The number of benzene rings is 3. The van der Waals surface area contributed by atoms with Crippen molar-refractivity contribution < 1.29 is 29.3 Å². The number of phenols is 1. The Balaban J connectivity index is 1.81. The molecule has 34 heavy (non-hydrogen) atoms. The molecule has 0 aliphatic carbocycles. The molecule has 0 aliphatic rings. The quantitative estimate of drug-likeness (QED) is 0.239. The number of anilines is 1. The Labute approximate surface area is 200 Å². The van der Waals surface area contributed by atoms with Crippen LogP contribution in [-0.4, -0.2) is 29.2 Å². The van der Waals surface area contributed by atoms with Gasteiger partial charge in [0, 0.05) is 5.69 Å². The molecule has 0 spiro atoms. The van der Waals surface area contributed by atoms with Crippen molar-refractivity contribution in [3.63, 3.8) is 0 Å². The molecule has 172 valence electrons. The Morgan fingerprint density at radius 2 is 1.88 bits per heavy atom. The second-order valence-corrected chi connectivity index (χ2v) is 7.41. The zero-order chi connectivity index (χ0) is 24.7. The van der Waals surface area contributed by atoms with Crippen LogP contribution in [0.25, 0.3) is 6.08 Å². The minimum absolute atomic E-state index is 0.0465. The molecule has 0 unspecified atom stereocenters. The van der Waals surface area contributed by atoms with Gasteiger partial charge in [0.25, 0.3) is 5.91 Å². The normalized spacial score (nSPS) is 10.8. The molecule has 1 amide bonds. The Hall–Kier alpha value is -4.48. The molecule has 3 aromatic rings. The van der Waals surface area contributed by atoms with Gasteiger partial charge < -0.3 is 25.0 Å². The van der Waals surface area contributed by atoms with Gasteiger partial charge in [0.15, 0.2) is 11.5 Å². The second-order valence-electron chi connectivity index (χ2n) is 7.00. The highest BCUT2D eigenvalue weighted by Crippen LogP contribution is 2.37. The second kappa shape index (κ2) is 10.9. The maximum absolute atomic E-state index is 12.5. The number of hydrogen-bond acceptors (Lipinski definition) is 6. The predicted octanol–water partition coefficient (Wildman–Crippen LogP) is 4.88. The van der Waals surface area contributed by atoms with E-state index in [1.165, 1.54) is 55.7 Å². The van der Waals surface area contributed by atoms with Crippen molar-refractivity contribution in [1.29, 1.82) is 5.26 Å². The van der Waals surface area contributed by atoms with E-state index in [1.54, 1.807) is 18.2 Å². The minimum Gasteiger partial charge on any atom is -0.508 e. The number of nitrogens with one attached hydrogen (secondary N) is 1. The van der Waals surface area contributed by atoms with E-state index in [-0.39, 0.29) is 40.0 Å². The molecule has 3 N–H and O–H groups in total. The fraction of sp³-hybridized carbons (Fsp3) is 0.0800. The molecule has 3 aromatic carbocycles. The van der Waals surface area contributed by atoms with E-state index in [0.29, 0.717) is 16.8 Å². The monoisotopic (exact) mass is 478 g/mol. The number of hydrogen-bond donors (Lipinski definition) is 3. The van der Waals surface area contributed by atoms with Crippen molar-refractivity contribution in [2.75, 3.05) is 12.4 Å². The number of rotatable bonds is 8. The lowest BCUT2D eigenvalue weighted by molar-refractivity contribution is -0.112. The minimum atomic E-state index is -1.05. The summed E-state index contributed by atoms with van der Waals surface area (Å²) in [5.74, 6) is -1.13. The van der Waals surface area contributed by atoms with Crippen LogP contribution >= 0.6 is 11.6 Å². The topological polar surface area (TPSA) is 129 Å². The molecular formula is C25H19ClN2O6. The lowest BCUT2D eigenvalue weighted by Crippen LogP contribution is -2.13. The number of carboxylic acids is 1. The van der Waals surface area contributed by atoms with Crippen molar-refractivity contribution >= 4 is 35.2 Å². The van der Waals surface area contributed by atoms with Crippen molar-refractivity contribution in [2.24, 2.45) is 0 Å². The zero-order valence-corrected chi connectivity index (χ0v) is 18.7. The first-order valence-electron chi connectivity index (χ1n) is 9.85. The highest BCUT2D eigenvalue weighted by molar-refractivity contribution is 6.32. The summed E-state index contributed by atoms with van der Waals surface area (Å²) in [4.78, 5) is 23.6. The van der Waals surface area contributed by atoms with E-state index in [4.69, 9.17) is 26.2 Å². The van der Waals surface area contributed by atoms with Gasteiger partial charge in [-0.15, -0.1) is 0 Å². The first-order chi connectivity index (χ1) is 16.3. The molecule has 0 heterocycles. The third-order valence-electron chi connectivity index (χ3n) is 4.61. The van der Waals surface area contributed by atoms with E-state index in [2.05, 4.69) is 5.32 Å². The summed E-state index contributed by atoms with van der Waals surface area (Å²) in [6.07, 6.45) is 1.35. The Bertz CT molecular complexity index is 1300. The summed E-state index contributed by atoms with van der Waals surface area (Å²) in [6, 6.07) is 17.0. The third-order valence-corrected chi connectivity index (χ3v) is 4.89. The number of aromatic carboxylic acids is 1. The molecule has 0 saturated carbocycles. The highest BCUT2D eigenvalue weighted by atomic mass is 35.5. The Morgan fingerprint density at radius 3 is 2.53 bits per heavy atom. The summed E-state index contributed by atoms with van der Waals surface area (Å²) < 4.78 is 11.1. The van der Waals surface area contributed by atoms with Crippen LogP contribution in [0.1, 0.15) is 21.5 Å². The summed E-state index contributed by atoms with van der Waals surface area (Å²) >= 11 is 6.38. The summed E-state index contributed by atoms with van der Waals surface area (Å²) in [6.45, 7) is 0.0465. The van der Waals surface area contributed by atoms with E-state index in [9.17, 15) is 20.0 Å². The van der Waals surface area contributed by atoms with E-state index < -0.39 is 11.9 Å². The lowest BCUT2D eigenvalue weighted by atomic mass is 10.1. The number of methoxy groups -OCH3 is 1. The Morgan fingerprint density at radius 1 is 1.15 bits per heavy atom. The molecule has 0 bridgehead atoms. The molecule has 0 atom stereocenters. The number of ether oxygens (including phenoxy) is 2. The highest BCUT2D eigenvalue weighted by Gasteiger charge is 2.15. The fourth-order valence-corrected chi connectivity index (χ4v) is 3.24. The van der Waals surface area contributed by atoms with Gasteiger partial charge in [-0.3, -0.25) is 4.79 Å². The van der Waals surface area contributed by atoms with Crippen molar-refractivity contribution in [1.82, 2.24) is 0 Å². The number of carboxylic acid groups (broad SMARTS) is 1. The van der Waals surface area contributed by atoms with Crippen LogP contribution in [0.4, 0.5) is 5.69 Å². The maximum Gasteiger partial charge on any atom is 0.335 e. The largest absolute Gasteiger partial charge is 0.508 e. The molecule has 0 radical (unpaired) electrons. The molecule has 0 saturated heterocycles.